The fraction of sp³-hybridized carbons (Fsp3) is 0.300. The molecule has 0 aliphatic heterocycles. The Bertz CT molecular complexity index is 467. The predicted octanol–water partition coefficient (Wildman–Crippen LogP) is 1.83. The number of aliphatic carboxylic acids is 1. The van der Waals surface area contributed by atoms with Gasteiger partial charge in [0.1, 0.15) is 17.5 Å². The van der Waals surface area contributed by atoms with Crippen LogP contribution in [0.25, 0.3) is 0 Å². The molecular weight excluding hydrogens is 218 g/mol. The summed E-state index contributed by atoms with van der Waals surface area (Å²) >= 11 is 0. The number of pyridine rings is 1. The molecule has 0 fully saturated rings. The van der Waals surface area contributed by atoms with Crippen molar-refractivity contribution in [3.63, 3.8) is 0 Å². The van der Waals surface area contributed by atoms with Crippen LogP contribution in [-0.2, 0) is 11.2 Å². The van der Waals surface area contributed by atoms with Gasteiger partial charge in [0.15, 0.2) is 0 Å². The summed E-state index contributed by atoms with van der Waals surface area (Å²) in [4.78, 5) is 14.0. The molecule has 0 aliphatic carbocycles. The highest BCUT2D eigenvalue weighted by Crippen LogP contribution is 2.21. The van der Waals surface area contributed by atoms with Crippen molar-refractivity contribution in [1.29, 1.82) is 5.26 Å². The Labute approximate surface area is 90.2 Å². The molecule has 0 spiro atoms. The average molecular weight is 226 g/mol. The van der Waals surface area contributed by atoms with E-state index >= 15 is 0 Å². The van der Waals surface area contributed by atoms with Gasteiger partial charge in [0.25, 0.3) is 6.43 Å². The lowest BCUT2D eigenvalue weighted by molar-refractivity contribution is -0.136. The minimum atomic E-state index is -2.82. The van der Waals surface area contributed by atoms with Gasteiger partial charge in [-0.3, -0.25) is 4.79 Å². The van der Waals surface area contributed by atoms with Gasteiger partial charge in [0, 0.05) is 0 Å². The second-order valence-electron chi connectivity index (χ2n) is 3.16. The second-order valence-corrected chi connectivity index (χ2v) is 3.16. The molecule has 0 amide bonds. The standard InChI is InChI=1S/C10H8F2N2O2/c1-5-6(3-9(15)16)2-7(10(11)12)14-8(5)4-13/h2,10H,3H2,1H3,(H,15,16). The Balaban J connectivity index is 3.31. The maximum absolute atomic E-state index is 12.4. The predicted molar refractivity (Wildman–Crippen MR) is 50.0 cm³/mol. The van der Waals surface area contributed by atoms with Gasteiger partial charge >= 0.3 is 5.97 Å². The number of carboxylic acids is 1. The molecule has 1 aromatic heterocycles. The molecule has 84 valence electrons. The van der Waals surface area contributed by atoms with Crippen molar-refractivity contribution < 1.29 is 18.7 Å². The van der Waals surface area contributed by atoms with Crippen LogP contribution in [0.5, 0.6) is 0 Å². The Morgan fingerprint density at radius 2 is 2.31 bits per heavy atom. The zero-order chi connectivity index (χ0) is 12.3. The van der Waals surface area contributed by atoms with Gasteiger partial charge in [-0.25, -0.2) is 13.8 Å². The molecule has 1 aromatic rings. The average Bonchev–Trinajstić information content (AvgIpc) is 2.20. The number of halogens is 2. The molecular formula is C10H8F2N2O2. The lowest BCUT2D eigenvalue weighted by Crippen LogP contribution is -2.06. The molecule has 0 unspecified atom stereocenters. The Kier molecular flexibility index (Phi) is 3.51. The molecule has 0 radical (unpaired) electrons. The van der Waals surface area contributed by atoms with Gasteiger partial charge < -0.3 is 5.11 Å². The van der Waals surface area contributed by atoms with Crippen LogP contribution in [-0.4, -0.2) is 16.1 Å². The normalized spacial score (nSPS) is 10.2. The van der Waals surface area contributed by atoms with E-state index in [2.05, 4.69) is 4.98 Å². The first-order valence-electron chi connectivity index (χ1n) is 4.36. The Morgan fingerprint density at radius 1 is 1.69 bits per heavy atom. The molecule has 1 N–H and O–H groups in total. The lowest BCUT2D eigenvalue weighted by Gasteiger charge is -2.07. The first-order valence-corrected chi connectivity index (χ1v) is 4.36. The Morgan fingerprint density at radius 3 is 2.75 bits per heavy atom. The summed E-state index contributed by atoms with van der Waals surface area (Å²) in [5.74, 6) is -1.14. The third kappa shape index (κ3) is 2.51. The van der Waals surface area contributed by atoms with E-state index < -0.39 is 24.5 Å². The van der Waals surface area contributed by atoms with Crippen LogP contribution in [0.4, 0.5) is 8.78 Å². The van der Waals surface area contributed by atoms with E-state index in [1.165, 1.54) is 6.92 Å². The monoisotopic (exact) mass is 226 g/mol. The molecule has 0 aliphatic rings. The summed E-state index contributed by atoms with van der Waals surface area (Å²) in [5, 5.41) is 17.3. The van der Waals surface area contributed by atoms with Crippen molar-refractivity contribution in [2.24, 2.45) is 0 Å². The van der Waals surface area contributed by atoms with Crippen molar-refractivity contribution in [2.45, 2.75) is 19.8 Å². The fourth-order valence-electron chi connectivity index (χ4n) is 1.25. The van der Waals surface area contributed by atoms with Crippen molar-refractivity contribution in [1.82, 2.24) is 4.98 Å². The van der Waals surface area contributed by atoms with Gasteiger partial charge in [0.2, 0.25) is 0 Å². The summed E-state index contributed by atoms with van der Waals surface area (Å²) in [6, 6.07) is 2.69. The Hall–Kier alpha value is -2.03. The summed E-state index contributed by atoms with van der Waals surface area (Å²) in [5.41, 5.74) is -0.212. The van der Waals surface area contributed by atoms with Crippen molar-refractivity contribution in [3.05, 3.63) is 28.6 Å². The molecule has 1 rings (SSSR count). The van der Waals surface area contributed by atoms with Crippen LogP contribution in [0.3, 0.4) is 0 Å². The summed E-state index contributed by atoms with van der Waals surface area (Å²) in [7, 11) is 0. The van der Waals surface area contributed by atoms with Crippen LogP contribution < -0.4 is 0 Å². The fourth-order valence-corrected chi connectivity index (χ4v) is 1.25. The third-order valence-electron chi connectivity index (χ3n) is 2.07. The van der Waals surface area contributed by atoms with Gasteiger partial charge in [0.05, 0.1) is 6.42 Å². The van der Waals surface area contributed by atoms with Crippen LogP contribution >= 0.6 is 0 Å². The van der Waals surface area contributed by atoms with Crippen molar-refractivity contribution >= 4 is 5.97 Å². The van der Waals surface area contributed by atoms with E-state index in [9.17, 15) is 13.6 Å². The number of aromatic nitrogens is 1. The summed E-state index contributed by atoms with van der Waals surface area (Å²) in [6.45, 7) is 1.49. The van der Waals surface area contributed by atoms with Crippen molar-refractivity contribution in [3.8, 4) is 6.07 Å². The number of rotatable bonds is 3. The highest BCUT2D eigenvalue weighted by Gasteiger charge is 2.16. The van der Waals surface area contributed by atoms with E-state index in [4.69, 9.17) is 10.4 Å². The molecule has 6 heteroatoms. The van der Waals surface area contributed by atoms with E-state index in [0.29, 0.717) is 5.56 Å². The van der Waals surface area contributed by atoms with Gasteiger partial charge in [-0.15, -0.1) is 0 Å². The highest BCUT2D eigenvalue weighted by molar-refractivity contribution is 5.71. The maximum Gasteiger partial charge on any atom is 0.307 e. The molecule has 1 heterocycles. The van der Waals surface area contributed by atoms with E-state index in [1.807, 2.05) is 0 Å². The number of nitrogens with zero attached hydrogens (tertiary/aromatic N) is 2. The highest BCUT2D eigenvalue weighted by atomic mass is 19.3. The molecule has 0 aromatic carbocycles. The first kappa shape index (κ1) is 12.0. The minimum absolute atomic E-state index is 0.158. The van der Waals surface area contributed by atoms with Gasteiger partial charge in [-0.05, 0) is 24.1 Å². The van der Waals surface area contributed by atoms with Gasteiger partial charge in [-0.1, -0.05) is 0 Å². The second kappa shape index (κ2) is 4.66. The van der Waals surface area contributed by atoms with Crippen LogP contribution in [0.2, 0.25) is 0 Å². The maximum atomic E-state index is 12.4. The third-order valence-corrected chi connectivity index (χ3v) is 2.07. The number of nitriles is 1. The van der Waals surface area contributed by atoms with Crippen molar-refractivity contribution in [2.75, 3.05) is 0 Å². The van der Waals surface area contributed by atoms with Crippen LogP contribution in [0.1, 0.15) is 28.9 Å². The van der Waals surface area contributed by atoms with E-state index in [1.54, 1.807) is 6.07 Å². The van der Waals surface area contributed by atoms with Crippen LogP contribution in [0, 0.1) is 18.3 Å². The topological polar surface area (TPSA) is 74.0 Å². The molecule has 0 saturated heterocycles. The zero-order valence-electron chi connectivity index (χ0n) is 8.37. The molecule has 4 nitrogen and oxygen atoms in total. The molecule has 16 heavy (non-hydrogen) atoms. The van der Waals surface area contributed by atoms with E-state index in [-0.39, 0.29) is 11.3 Å². The van der Waals surface area contributed by atoms with Gasteiger partial charge in [-0.2, -0.15) is 5.26 Å². The molecule has 0 atom stereocenters. The summed E-state index contributed by atoms with van der Waals surface area (Å²) in [6.07, 6.45) is -3.22. The lowest BCUT2D eigenvalue weighted by atomic mass is 10.0. The molecule has 0 bridgehead atoms. The first-order chi connectivity index (χ1) is 7.45. The summed E-state index contributed by atoms with van der Waals surface area (Å²) < 4.78 is 24.8. The minimum Gasteiger partial charge on any atom is -0.481 e. The number of carboxylic acid groups (broad SMARTS) is 1. The number of carbonyl (C=O) groups is 1. The van der Waals surface area contributed by atoms with E-state index in [0.717, 1.165) is 6.07 Å². The number of alkyl halides is 2. The SMILES string of the molecule is Cc1c(CC(=O)O)cc(C(F)F)nc1C#N. The van der Waals surface area contributed by atoms with Crippen LogP contribution in [0.15, 0.2) is 6.07 Å². The smallest absolute Gasteiger partial charge is 0.307 e. The quantitative estimate of drug-likeness (QED) is 0.853. The number of hydrogen-bond donors (Lipinski definition) is 1. The zero-order valence-corrected chi connectivity index (χ0v) is 8.37. The number of hydrogen-bond acceptors (Lipinski definition) is 3. The largest absolute Gasteiger partial charge is 0.481 e. The molecule has 0 saturated carbocycles.